The van der Waals surface area contributed by atoms with Gasteiger partial charge in [-0.3, -0.25) is 0 Å². The lowest BCUT2D eigenvalue weighted by Gasteiger charge is -2.31. The van der Waals surface area contributed by atoms with Gasteiger partial charge in [0.2, 0.25) is 0 Å². The van der Waals surface area contributed by atoms with Crippen LogP contribution >= 0.6 is 11.3 Å². The first-order chi connectivity index (χ1) is 11.8. The van der Waals surface area contributed by atoms with Gasteiger partial charge in [0.15, 0.2) is 0 Å². The number of thiazole rings is 1. The van der Waals surface area contributed by atoms with Crippen molar-refractivity contribution in [2.75, 3.05) is 18.4 Å². The lowest BCUT2D eigenvalue weighted by molar-refractivity contribution is 0.194. The highest BCUT2D eigenvalue weighted by Crippen LogP contribution is 2.35. The second kappa shape index (κ2) is 6.93. The third-order valence-electron chi connectivity index (χ3n) is 5.02. The van der Waals surface area contributed by atoms with E-state index in [1.165, 1.54) is 34.8 Å². The predicted octanol–water partition coefficient (Wildman–Crippen LogP) is 4.43. The fourth-order valence-electron chi connectivity index (χ4n) is 3.60. The molecule has 1 fully saturated rings. The zero-order valence-electron chi connectivity index (χ0n) is 13.8. The Morgan fingerprint density at radius 3 is 2.62 bits per heavy atom. The molecule has 5 heteroatoms. The highest BCUT2D eigenvalue weighted by atomic mass is 32.1. The Bertz CT molecular complexity index is 681. The Morgan fingerprint density at radius 2 is 1.88 bits per heavy atom. The summed E-state index contributed by atoms with van der Waals surface area (Å²) in [5, 5.41) is 4.29. The third-order valence-corrected chi connectivity index (χ3v) is 6.34. The van der Waals surface area contributed by atoms with Gasteiger partial charge in [-0.15, -0.1) is 11.3 Å². The molecule has 4 rings (SSSR count). The summed E-state index contributed by atoms with van der Waals surface area (Å²) in [6.45, 7) is 1.63. The number of aryl methyl sites for hydroxylation is 2. The third kappa shape index (κ3) is 3.31. The number of carbonyl (C=O) groups excluding carboxylic acids is 1. The van der Waals surface area contributed by atoms with Crippen LogP contribution in [0.15, 0.2) is 30.3 Å². The molecule has 0 radical (unpaired) electrons. The molecule has 1 N–H and O–H groups in total. The van der Waals surface area contributed by atoms with Gasteiger partial charge in [0.05, 0.1) is 10.7 Å². The standard InChI is InChI=1S/C19H23N3OS/c23-19(20-15-6-2-1-3-7-15)22-12-10-14(11-13-22)18-21-16-8-4-5-9-17(16)24-18/h1-3,6-7,14H,4-5,8-13H2,(H,20,23). The lowest BCUT2D eigenvalue weighted by atomic mass is 9.97. The number of amides is 2. The van der Waals surface area contributed by atoms with E-state index >= 15 is 0 Å². The topological polar surface area (TPSA) is 45.2 Å². The van der Waals surface area contributed by atoms with Crippen LogP contribution < -0.4 is 5.32 Å². The van der Waals surface area contributed by atoms with Crippen molar-refractivity contribution in [3.63, 3.8) is 0 Å². The van der Waals surface area contributed by atoms with Crippen LogP contribution in [0.1, 0.15) is 47.2 Å². The molecule has 126 valence electrons. The molecule has 0 bridgehead atoms. The molecule has 0 saturated carbocycles. The molecule has 0 unspecified atom stereocenters. The number of hydrogen-bond acceptors (Lipinski definition) is 3. The molecular formula is C19H23N3OS. The summed E-state index contributed by atoms with van der Waals surface area (Å²) in [7, 11) is 0. The van der Waals surface area contributed by atoms with E-state index in [4.69, 9.17) is 4.98 Å². The number of fused-ring (bicyclic) bond motifs is 1. The number of aromatic nitrogens is 1. The fraction of sp³-hybridized carbons (Fsp3) is 0.474. The fourth-order valence-corrected chi connectivity index (χ4v) is 4.92. The Kier molecular flexibility index (Phi) is 4.52. The van der Waals surface area contributed by atoms with E-state index in [0.717, 1.165) is 38.0 Å². The van der Waals surface area contributed by atoms with Gasteiger partial charge in [0, 0.05) is 29.6 Å². The Balaban J connectivity index is 1.34. The lowest BCUT2D eigenvalue weighted by Crippen LogP contribution is -2.40. The smallest absolute Gasteiger partial charge is 0.321 e. The molecule has 2 heterocycles. The van der Waals surface area contributed by atoms with Crippen LogP contribution in [-0.4, -0.2) is 29.0 Å². The summed E-state index contributed by atoms with van der Waals surface area (Å²) in [5.74, 6) is 0.529. The maximum Gasteiger partial charge on any atom is 0.321 e. The summed E-state index contributed by atoms with van der Waals surface area (Å²) in [4.78, 5) is 20.7. The number of piperidine rings is 1. The van der Waals surface area contributed by atoms with Gasteiger partial charge in [-0.05, 0) is 50.7 Å². The van der Waals surface area contributed by atoms with Gasteiger partial charge in [0.1, 0.15) is 0 Å². The number of rotatable bonds is 2. The van der Waals surface area contributed by atoms with Crippen molar-refractivity contribution in [1.29, 1.82) is 0 Å². The monoisotopic (exact) mass is 341 g/mol. The molecule has 1 aliphatic heterocycles. The summed E-state index contributed by atoms with van der Waals surface area (Å²) in [6, 6.07) is 9.68. The minimum atomic E-state index is 0.0121. The number of carbonyl (C=O) groups is 1. The number of benzene rings is 1. The van der Waals surface area contributed by atoms with Crippen molar-refractivity contribution in [2.45, 2.75) is 44.4 Å². The summed E-state index contributed by atoms with van der Waals surface area (Å²) < 4.78 is 0. The van der Waals surface area contributed by atoms with Gasteiger partial charge < -0.3 is 10.2 Å². The van der Waals surface area contributed by atoms with Crippen molar-refractivity contribution in [3.05, 3.63) is 45.9 Å². The van der Waals surface area contributed by atoms with E-state index in [1.54, 1.807) is 0 Å². The predicted molar refractivity (Wildman–Crippen MR) is 97.8 cm³/mol. The maximum atomic E-state index is 12.4. The average Bonchev–Trinajstić information content (AvgIpc) is 3.07. The van der Waals surface area contributed by atoms with Crippen LogP contribution in [-0.2, 0) is 12.8 Å². The van der Waals surface area contributed by atoms with Gasteiger partial charge in [-0.2, -0.15) is 0 Å². The number of para-hydroxylation sites is 1. The van der Waals surface area contributed by atoms with Crippen molar-refractivity contribution in [3.8, 4) is 0 Å². The molecule has 0 spiro atoms. The van der Waals surface area contributed by atoms with Crippen LogP contribution in [0.4, 0.5) is 10.5 Å². The zero-order chi connectivity index (χ0) is 16.4. The van der Waals surface area contributed by atoms with E-state index in [-0.39, 0.29) is 6.03 Å². The molecule has 1 saturated heterocycles. The summed E-state index contributed by atoms with van der Waals surface area (Å²) >= 11 is 1.92. The normalized spacial score (nSPS) is 18.2. The van der Waals surface area contributed by atoms with E-state index in [0.29, 0.717) is 5.92 Å². The van der Waals surface area contributed by atoms with Crippen LogP contribution in [0.3, 0.4) is 0 Å². The van der Waals surface area contributed by atoms with E-state index in [9.17, 15) is 4.79 Å². The molecule has 1 aromatic carbocycles. The molecule has 1 aromatic heterocycles. The average molecular weight is 341 g/mol. The Labute approximate surface area is 146 Å². The molecule has 24 heavy (non-hydrogen) atoms. The second-order valence-electron chi connectivity index (χ2n) is 6.69. The van der Waals surface area contributed by atoms with E-state index in [1.807, 2.05) is 46.6 Å². The SMILES string of the molecule is O=C(Nc1ccccc1)N1CCC(c2nc3c(s2)CCCC3)CC1. The highest BCUT2D eigenvalue weighted by molar-refractivity contribution is 7.11. The first-order valence-corrected chi connectivity index (χ1v) is 9.71. The molecule has 2 aliphatic rings. The van der Waals surface area contributed by atoms with Crippen LogP contribution in [0.5, 0.6) is 0 Å². The van der Waals surface area contributed by atoms with Gasteiger partial charge in [0.25, 0.3) is 0 Å². The van der Waals surface area contributed by atoms with Crippen LogP contribution in [0, 0.1) is 0 Å². The van der Waals surface area contributed by atoms with Crippen LogP contribution in [0.2, 0.25) is 0 Å². The zero-order valence-corrected chi connectivity index (χ0v) is 14.6. The molecule has 2 aromatic rings. The summed E-state index contributed by atoms with van der Waals surface area (Å²) in [6.07, 6.45) is 7.01. The molecule has 4 nitrogen and oxygen atoms in total. The summed E-state index contributed by atoms with van der Waals surface area (Å²) in [5.41, 5.74) is 2.21. The van der Waals surface area contributed by atoms with E-state index < -0.39 is 0 Å². The Morgan fingerprint density at radius 1 is 1.12 bits per heavy atom. The Hall–Kier alpha value is -1.88. The van der Waals surface area contributed by atoms with Crippen molar-refractivity contribution < 1.29 is 4.79 Å². The largest absolute Gasteiger partial charge is 0.324 e. The van der Waals surface area contributed by atoms with Crippen molar-refractivity contribution in [2.24, 2.45) is 0 Å². The first kappa shape index (κ1) is 15.6. The van der Waals surface area contributed by atoms with Crippen molar-refractivity contribution in [1.82, 2.24) is 9.88 Å². The number of anilines is 1. The van der Waals surface area contributed by atoms with E-state index in [2.05, 4.69) is 5.32 Å². The number of nitrogens with zero attached hydrogens (tertiary/aromatic N) is 2. The van der Waals surface area contributed by atoms with Crippen molar-refractivity contribution >= 4 is 23.1 Å². The number of urea groups is 1. The second-order valence-corrected chi connectivity index (χ2v) is 7.80. The first-order valence-electron chi connectivity index (χ1n) is 8.89. The number of hydrogen-bond donors (Lipinski definition) is 1. The molecule has 0 atom stereocenters. The van der Waals surface area contributed by atoms with Gasteiger partial charge >= 0.3 is 6.03 Å². The molecular weight excluding hydrogens is 318 g/mol. The minimum absolute atomic E-state index is 0.0121. The highest BCUT2D eigenvalue weighted by Gasteiger charge is 2.27. The molecule has 2 amide bonds. The molecule has 1 aliphatic carbocycles. The van der Waals surface area contributed by atoms with Gasteiger partial charge in [-0.1, -0.05) is 18.2 Å². The van der Waals surface area contributed by atoms with Crippen LogP contribution in [0.25, 0.3) is 0 Å². The quantitative estimate of drug-likeness (QED) is 0.878. The number of likely N-dealkylation sites (tertiary alicyclic amines) is 1. The van der Waals surface area contributed by atoms with Gasteiger partial charge in [-0.25, -0.2) is 9.78 Å². The maximum absolute atomic E-state index is 12.4. The minimum Gasteiger partial charge on any atom is -0.324 e. The number of nitrogens with one attached hydrogen (secondary N) is 1.